The van der Waals surface area contributed by atoms with Crippen LogP contribution >= 0.6 is 23.2 Å². The number of hydrogen-bond acceptors (Lipinski definition) is 3. The normalized spacial score (nSPS) is 17.6. The maximum absolute atomic E-state index is 12.6. The van der Waals surface area contributed by atoms with E-state index in [1.807, 2.05) is 24.3 Å². The SMILES string of the molecule is O=S(=O)(NC1CCOc2ccccc21)c1cc(Cl)ccc1Cl. The van der Waals surface area contributed by atoms with Crippen molar-refractivity contribution in [1.29, 1.82) is 0 Å². The molecule has 0 saturated carbocycles. The first-order valence-corrected chi connectivity index (χ1v) is 8.90. The van der Waals surface area contributed by atoms with Gasteiger partial charge in [0.2, 0.25) is 10.0 Å². The number of para-hydroxylation sites is 1. The van der Waals surface area contributed by atoms with Crippen LogP contribution in [0.4, 0.5) is 0 Å². The van der Waals surface area contributed by atoms with Crippen LogP contribution in [0, 0.1) is 0 Å². The molecule has 7 heteroatoms. The number of halogens is 2. The topological polar surface area (TPSA) is 55.4 Å². The van der Waals surface area contributed by atoms with Crippen LogP contribution in [0.25, 0.3) is 0 Å². The fourth-order valence-corrected chi connectivity index (χ4v) is 4.41. The highest BCUT2D eigenvalue weighted by molar-refractivity contribution is 7.89. The molecule has 2 aromatic carbocycles. The fraction of sp³-hybridized carbons (Fsp3) is 0.200. The summed E-state index contributed by atoms with van der Waals surface area (Å²) in [5, 5.41) is 0.453. The average Bonchev–Trinajstić information content (AvgIpc) is 2.50. The van der Waals surface area contributed by atoms with E-state index in [1.54, 1.807) is 6.07 Å². The third-order valence-electron chi connectivity index (χ3n) is 3.44. The van der Waals surface area contributed by atoms with Crippen molar-refractivity contribution in [2.24, 2.45) is 0 Å². The van der Waals surface area contributed by atoms with E-state index in [-0.39, 0.29) is 16.0 Å². The second-order valence-corrected chi connectivity index (χ2v) is 7.45. The largest absolute Gasteiger partial charge is 0.493 e. The second-order valence-electron chi connectivity index (χ2n) is 4.92. The summed E-state index contributed by atoms with van der Waals surface area (Å²) in [5.74, 6) is 0.693. The molecule has 1 aliphatic rings. The predicted octanol–water partition coefficient (Wildman–Crippen LogP) is 3.80. The van der Waals surface area contributed by atoms with Crippen LogP contribution in [0.3, 0.4) is 0 Å². The lowest BCUT2D eigenvalue weighted by Crippen LogP contribution is -2.32. The fourth-order valence-electron chi connectivity index (χ4n) is 2.40. The summed E-state index contributed by atoms with van der Waals surface area (Å²) in [7, 11) is -3.78. The second kappa shape index (κ2) is 6.08. The van der Waals surface area contributed by atoms with Crippen LogP contribution in [-0.4, -0.2) is 15.0 Å². The number of benzene rings is 2. The maximum atomic E-state index is 12.6. The lowest BCUT2D eigenvalue weighted by atomic mass is 10.0. The summed E-state index contributed by atoms with van der Waals surface area (Å²) in [6.07, 6.45) is 0.550. The zero-order chi connectivity index (χ0) is 15.7. The van der Waals surface area contributed by atoms with Gasteiger partial charge >= 0.3 is 0 Å². The van der Waals surface area contributed by atoms with Crippen molar-refractivity contribution < 1.29 is 13.2 Å². The van der Waals surface area contributed by atoms with Crippen LogP contribution in [-0.2, 0) is 10.0 Å². The van der Waals surface area contributed by atoms with E-state index in [2.05, 4.69) is 4.72 Å². The molecule has 0 aliphatic carbocycles. The van der Waals surface area contributed by atoms with Gasteiger partial charge in [-0.15, -0.1) is 0 Å². The van der Waals surface area contributed by atoms with Gasteiger partial charge < -0.3 is 4.74 Å². The van der Waals surface area contributed by atoms with Gasteiger partial charge in [-0.3, -0.25) is 0 Å². The Morgan fingerprint density at radius 2 is 1.91 bits per heavy atom. The Morgan fingerprint density at radius 3 is 2.73 bits per heavy atom. The Morgan fingerprint density at radius 1 is 1.14 bits per heavy atom. The first-order chi connectivity index (χ1) is 10.5. The van der Waals surface area contributed by atoms with Crippen molar-refractivity contribution in [2.45, 2.75) is 17.4 Å². The van der Waals surface area contributed by atoms with Gasteiger partial charge in [0, 0.05) is 17.0 Å². The maximum Gasteiger partial charge on any atom is 0.242 e. The van der Waals surface area contributed by atoms with Crippen LogP contribution < -0.4 is 9.46 Å². The highest BCUT2D eigenvalue weighted by Crippen LogP contribution is 2.33. The van der Waals surface area contributed by atoms with E-state index in [0.717, 1.165) is 5.56 Å². The van der Waals surface area contributed by atoms with Crippen molar-refractivity contribution in [3.05, 3.63) is 58.1 Å². The third kappa shape index (κ3) is 3.08. The lowest BCUT2D eigenvalue weighted by molar-refractivity contribution is 0.263. The summed E-state index contributed by atoms with van der Waals surface area (Å²) >= 11 is 11.9. The Hall–Kier alpha value is -1.27. The van der Waals surface area contributed by atoms with Crippen molar-refractivity contribution >= 4 is 33.2 Å². The Kier molecular flexibility index (Phi) is 4.32. The molecule has 0 bridgehead atoms. The van der Waals surface area contributed by atoms with Gasteiger partial charge in [-0.2, -0.15) is 0 Å². The van der Waals surface area contributed by atoms with E-state index in [1.165, 1.54) is 12.1 Å². The molecule has 116 valence electrons. The van der Waals surface area contributed by atoms with Gasteiger partial charge in [0.1, 0.15) is 10.6 Å². The molecule has 0 saturated heterocycles. The number of hydrogen-bond donors (Lipinski definition) is 1. The predicted molar refractivity (Wildman–Crippen MR) is 86.1 cm³/mol. The van der Waals surface area contributed by atoms with Crippen molar-refractivity contribution in [3.63, 3.8) is 0 Å². The molecule has 0 amide bonds. The number of rotatable bonds is 3. The monoisotopic (exact) mass is 357 g/mol. The molecule has 3 rings (SSSR count). The highest BCUT2D eigenvalue weighted by Gasteiger charge is 2.27. The van der Waals surface area contributed by atoms with Gasteiger partial charge in [-0.05, 0) is 24.3 Å². The van der Waals surface area contributed by atoms with E-state index in [4.69, 9.17) is 27.9 Å². The molecule has 4 nitrogen and oxygen atoms in total. The molecule has 1 aliphatic heterocycles. The summed E-state index contributed by atoms with van der Waals surface area (Å²) in [5.41, 5.74) is 0.815. The van der Waals surface area contributed by atoms with Crippen molar-refractivity contribution in [1.82, 2.24) is 4.72 Å². The van der Waals surface area contributed by atoms with E-state index < -0.39 is 10.0 Å². The Balaban J connectivity index is 1.95. The number of fused-ring (bicyclic) bond motifs is 1. The minimum absolute atomic E-state index is 0.0226. The average molecular weight is 358 g/mol. The number of sulfonamides is 1. The van der Waals surface area contributed by atoms with Gasteiger partial charge in [-0.1, -0.05) is 41.4 Å². The van der Waals surface area contributed by atoms with Crippen LogP contribution in [0.1, 0.15) is 18.0 Å². The molecule has 2 aromatic rings. The molecule has 0 radical (unpaired) electrons. The van der Waals surface area contributed by atoms with Gasteiger partial charge in [0.25, 0.3) is 0 Å². The quantitative estimate of drug-likeness (QED) is 0.908. The Labute approximate surface area is 139 Å². The summed E-state index contributed by atoms with van der Waals surface area (Å²) in [4.78, 5) is -0.0226. The smallest absolute Gasteiger partial charge is 0.242 e. The first-order valence-electron chi connectivity index (χ1n) is 6.66. The molecule has 1 heterocycles. The van der Waals surface area contributed by atoms with Crippen LogP contribution in [0.5, 0.6) is 5.75 Å². The van der Waals surface area contributed by atoms with E-state index in [0.29, 0.717) is 23.8 Å². The van der Waals surface area contributed by atoms with Gasteiger partial charge in [0.15, 0.2) is 0 Å². The highest BCUT2D eigenvalue weighted by atomic mass is 35.5. The standard InChI is InChI=1S/C15H13Cl2NO3S/c16-10-5-6-12(17)15(9-10)22(19,20)18-13-7-8-21-14-4-2-1-3-11(13)14/h1-6,9,13,18H,7-8H2. The molecule has 1 atom stereocenters. The minimum Gasteiger partial charge on any atom is -0.493 e. The number of nitrogens with one attached hydrogen (secondary N) is 1. The lowest BCUT2D eigenvalue weighted by Gasteiger charge is -2.26. The first kappa shape index (κ1) is 15.6. The number of ether oxygens (including phenoxy) is 1. The molecule has 22 heavy (non-hydrogen) atoms. The summed E-state index contributed by atoms with van der Waals surface area (Å²) in [6.45, 7) is 0.452. The molecule has 0 fully saturated rings. The molecular formula is C15H13Cl2NO3S. The molecular weight excluding hydrogens is 345 g/mol. The molecule has 1 N–H and O–H groups in total. The van der Waals surface area contributed by atoms with Crippen molar-refractivity contribution in [2.75, 3.05) is 6.61 Å². The van der Waals surface area contributed by atoms with Gasteiger partial charge in [-0.25, -0.2) is 13.1 Å². The van der Waals surface area contributed by atoms with E-state index in [9.17, 15) is 8.42 Å². The van der Waals surface area contributed by atoms with Crippen LogP contribution in [0.15, 0.2) is 47.4 Å². The molecule has 1 unspecified atom stereocenters. The molecule has 0 aromatic heterocycles. The van der Waals surface area contributed by atoms with E-state index >= 15 is 0 Å². The summed E-state index contributed by atoms with van der Waals surface area (Å²) < 4.78 is 33.4. The Bertz CT molecular complexity index is 808. The van der Waals surface area contributed by atoms with Gasteiger partial charge in [0.05, 0.1) is 17.7 Å². The third-order valence-corrected chi connectivity index (χ3v) is 5.63. The molecule has 0 spiro atoms. The summed E-state index contributed by atoms with van der Waals surface area (Å²) in [6, 6.07) is 11.4. The zero-order valence-corrected chi connectivity index (χ0v) is 13.8. The van der Waals surface area contributed by atoms with Crippen molar-refractivity contribution in [3.8, 4) is 5.75 Å². The minimum atomic E-state index is -3.78. The zero-order valence-electron chi connectivity index (χ0n) is 11.4. The van der Waals surface area contributed by atoms with Crippen LogP contribution in [0.2, 0.25) is 10.0 Å².